The van der Waals surface area contributed by atoms with Gasteiger partial charge in [0.15, 0.2) is 0 Å². The lowest BCUT2D eigenvalue weighted by Gasteiger charge is -2.38. The summed E-state index contributed by atoms with van der Waals surface area (Å²) in [5.41, 5.74) is 5.29. The molecule has 0 aromatic heterocycles. The summed E-state index contributed by atoms with van der Waals surface area (Å²) in [7, 11) is -3.72. The fourth-order valence-electron chi connectivity index (χ4n) is 8.13. The van der Waals surface area contributed by atoms with E-state index in [-0.39, 0.29) is 48.2 Å². The third kappa shape index (κ3) is 8.93. The van der Waals surface area contributed by atoms with Gasteiger partial charge in [0.1, 0.15) is 12.1 Å². The normalized spacial score (nSPS) is 24.0. The van der Waals surface area contributed by atoms with Gasteiger partial charge in [0.05, 0.1) is 10.9 Å². The van der Waals surface area contributed by atoms with Crippen LogP contribution in [0.2, 0.25) is 0 Å². The first kappa shape index (κ1) is 38.7. The SMILES string of the molecule is CC(C)[C@H]1CCN(C(=O)[C@@H](NC(=O)N[C@H](CN2Cc3ccccc3S2(=O)=O)C2CCCCC2)C(C)(C)C)[C@@H]1C(=O)NC(CC1CC1)C(=O)C(N)=O. The van der Waals surface area contributed by atoms with E-state index in [2.05, 4.69) is 16.0 Å². The van der Waals surface area contributed by atoms with Crippen molar-refractivity contribution in [3.8, 4) is 0 Å². The Morgan fingerprint density at radius 3 is 2.18 bits per heavy atom. The van der Waals surface area contributed by atoms with Crippen LogP contribution in [0, 0.1) is 29.1 Å². The Morgan fingerprint density at radius 1 is 0.922 bits per heavy atom. The molecule has 2 aliphatic heterocycles. The minimum atomic E-state index is -3.72. The van der Waals surface area contributed by atoms with Crippen molar-refractivity contribution >= 4 is 39.6 Å². The molecule has 14 heteroatoms. The molecule has 0 spiro atoms. The molecule has 3 fully saturated rings. The largest absolute Gasteiger partial charge is 0.363 e. The topological polar surface area (TPSA) is 188 Å². The number of fused-ring (bicyclic) bond motifs is 1. The molecule has 5 atom stereocenters. The van der Waals surface area contributed by atoms with Gasteiger partial charge in [-0.3, -0.25) is 19.2 Å². The van der Waals surface area contributed by atoms with Crippen molar-refractivity contribution in [2.75, 3.05) is 13.1 Å². The number of carbonyl (C=O) groups excluding carboxylic acids is 5. The fraction of sp³-hybridized carbons (Fsp3) is 0.703. The van der Waals surface area contributed by atoms with Crippen molar-refractivity contribution in [1.29, 1.82) is 0 Å². The van der Waals surface area contributed by atoms with Crippen LogP contribution in [0.15, 0.2) is 29.2 Å². The maximum Gasteiger partial charge on any atom is 0.315 e. The summed E-state index contributed by atoms with van der Waals surface area (Å²) in [6, 6.07) is 2.89. The van der Waals surface area contributed by atoms with Crippen LogP contribution in [0.4, 0.5) is 4.79 Å². The first-order valence-corrected chi connectivity index (χ1v) is 20.0. The second kappa shape index (κ2) is 15.6. The summed E-state index contributed by atoms with van der Waals surface area (Å²) in [4.78, 5) is 68.6. The lowest BCUT2D eigenvalue weighted by atomic mass is 9.83. The second-order valence-corrected chi connectivity index (χ2v) is 18.4. The number of hydrogen-bond acceptors (Lipinski definition) is 7. The van der Waals surface area contributed by atoms with E-state index in [1.165, 1.54) is 9.21 Å². The molecular formula is C37H56N6O7S. The zero-order chi connectivity index (χ0) is 37.2. The molecule has 1 unspecified atom stereocenters. The van der Waals surface area contributed by atoms with Gasteiger partial charge in [-0.05, 0) is 66.4 Å². The predicted octanol–water partition coefficient (Wildman–Crippen LogP) is 3.07. The van der Waals surface area contributed by atoms with Crippen molar-refractivity contribution < 1.29 is 32.4 Å². The Bertz CT molecular complexity index is 1600. The average Bonchev–Trinajstić information content (AvgIpc) is 3.71. The zero-order valence-corrected chi connectivity index (χ0v) is 31.5. The van der Waals surface area contributed by atoms with Crippen LogP contribution >= 0.6 is 0 Å². The van der Waals surface area contributed by atoms with Crippen LogP contribution in [-0.4, -0.2) is 84.4 Å². The van der Waals surface area contributed by atoms with Gasteiger partial charge in [-0.2, -0.15) is 4.31 Å². The summed E-state index contributed by atoms with van der Waals surface area (Å²) >= 11 is 0. The molecule has 1 aromatic carbocycles. The van der Waals surface area contributed by atoms with Gasteiger partial charge < -0.3 is 26.6 Å². The molecule has 5 N–H and O–H groups in total. The summed E-state index contributed by atoms with van der Waals surface area (Å²) in [5, 5.41) is 8.77. The Labute approximate surface area is 302 Å². The third-order valence-corrected chi connectivity index (χ3v) is 13.2. The number of ketones is 1. The lowest BCUT2D eigenvalue weighted by Crippen LogP contribution is -2.62. The van der Waals surface area contributed by atoms with Crippen LogP contribution in [0.5, 0.6) is 0 Å². The van der Waals surface area contributed by atoms with E-state index >= 15 is 0 Å². The first-order valence-electron chi connectivity index (χ1n) is 18.6. The standard InChI is InChI=1S/C37H56N6O7S/c1-22(2)26-17-18-43(30(26)34(46)39-27(19-23-15-16-23)31(44)33(38)45)35(47)32(37(3,4)5)41-36(48)40-28(24-11-7-6-8-12-24)21-42-20-25-13-9-10-14-29(25)51(42,49)50/h9-10,13-14,22-24,26-28,30,32H,6-8,11-12,15-21H2,1-5H3,(H2,38,45)(H,39,46)(H2,40,41,48)/t26-,27?,28-,30+,32-/m1/s1. The van der Waals surface area contributed by atoms with E-state index in [1.807, 2.05) is 40.7 Å². The molecule has 0 bridgehead atoms. The quantitative estimate of drug-likeness (QED) is 0.225. The van der Waals surface area contributed by atoms with Crippen LogP contribution in [0.25, 0.3) is 0 Å². The van der Waals surface area contributed by atoms with Gasteiger partial charge in [-0.1, -0.05) is 84.9 Å². The van der Waals surface area contributed by atoms with Crippen LogP contribution in [0.1, 0.15) is 98.0 Å². The van der Waals surface area contributed by atoms with Crippen molar-refractivity contribution in [3.63, 3.8) is 0 Å². The summed E-state index contributed by atoms with van der Waals surface area (Å²) in [6.07, 6.45) is 7.46. The first-order chi connectivity index (χ1) is 24.0. The molecule has 13 nitrogen and oxygen atoms in total. The highest BCUT2D eigenvalue weighted by atomic mass is 32.2. The van der Waals surface area contributed by atoms with E-state index in [0.29, 0.717) is 12.8 Å². The van der Waals surface area contributed by atoms with E-state index in [4.69, 9.17) is 5.73 Å². The van der Waals surface area contributed by atoms with Gasteiger partial charge in [0.25, 0.3) is 5.91 Å². The van der Waals surface area contributed by atoms with E-state index in [9.17, 15) is 32.4 Å². The van der Waals surface area contributed by atoms with Crippen molar-refractivity contribution in [1.82, 2.24) is 25.2 Å². The summed E-state index contributed by atoms with van der Waals surface area (Å²) in [6.45, 7) is 10.1. The molecule has 5 rings (SSSR count). The molecular weight excluding hydrogens is 673 g/mol. The van der Waals surface area contributed by atoms with Crippen LogP contribution in [0.3, 0.4) is 0 Å². The van der Waals surface area contributed by atoms with Gasteiger partial charge in [0, 0.05) is 25.7 Å². The number of sulfonamides is 1. The number of urea groups is 1. The maximum atomic E-state index is 14.5. The molecule has 2 aliphatic carbocycles. The predicted molar refractivity (Wildman–Crippen MR) is 191 cm³/mol. The minimum absolute atomic E-state index is 0.0286. The molecule has 4 aliphatic rings. The number of amides is 5. The molecule has 1 saturated heterocycles. The van der Waals surface area contributed by atoms with Gasteiger partial charge in [-0.15, -0.1) is 0 Å². The molecule has 5 amide bonds. The molecule has 2 heterocycles. The highest BCUT2D eigenvalue weighted by Gasteiger charge is 2.48. The van der Waals surface area contributed by atoms with Crippen LogP contribution in [-0.2, 0) is 35.7 Å². The number of rotatable bonds is 13. The Kier molecular flexibility index (Phi) is 11.8. The number of carbonyl (C=O) groups is 5. The molecule has 282 valence electrons. The highest BCUT2D eigenvalue weighted by Crippen LogP contribution is 2.36. The third-order valence-electron chi connectivity index (χ3n) is 11.3. The maximum absolute atomic E-state index is 14.5. The number of primary amides is 1. The van der Waals surface area contributed by atoms with E-state index < -0.39 is 69.1 Å². The van der Waals surface area contributed by atoms with Crippen LogP contribution < -0.4 is 21.7 Å². The Hall–Kier alpha value is -3.52. The summed E-state index contributed by atoms with van der Waals surface area (Å²) < 4.78 is 28.4. The summed E-state index contributed by atoms with van der Waals surface area (Å²) in [5.74, 6) is -2.78. The lowest BCUT2D eigenvalue weighted by molar-refractivity contribution is -0.144. The Balaban J connectivity index is 1.34. The van der Waals surface area contributed by atoms with Gasteiger partial charge in [0.2, 0.25) is 27.6 Å². The second-order valence-electron chi connectivity index (χ2n) is 16.5. The number of Topliss-reactive ketones (excluding diaryl/α,β-unsaturated/α-hetero) is 1. The van der Waals surface area contributed by atoms with Gasteiger partial charge in [-0.25, -0.2) is 13.2 Å². The molecule has 51 heavy (non-hydrogen) atoms. The highest BCUT2D eigenvalue weighted by molar-refractivity contribution is 7.89. The number of nitrogens with zero attached hydrogens (tertiary/aromatic N) is 2. The van der Waals surface area contributed by atoms with E-state index in [0.717, 1.165) is 50.5 Å². The van der Waals surface area contributed by atoms with Crippen molar-refractivity contribution in [2.24, 2.45) is 34.8 Å². The zero-order valence-electron chi connectivity index (χ0n) is 30.7. The monoisotopic (exact) mass is 728 g/mol. The number of nitrogens with one attached hydrogen (secondary N) is 3. The Morgan fingerprint density at radius 2 is 1.59 bits per heavy atom. The average molecular weight is 729 g/mol. The number of likely N-dealkylation sites (tertiary alicyclic amines) is 1. The molecule has 0 radical (unpaired) electrons. The minimum Gasteiger partial charge on any atom is -0.363 e. The molecule has 1 aromatic rings. The number of benzene rings is 1. The van der Waals surface area contributed by atoms with E-state index in [1.54, 1.807) is 18.2 Å². The van der Waals surface area contributed by atoms with Gasteiger partial charge >= 0.3 is 6.03 Å². The molecule has 2 saturated carbocycles. The number of hydrogen-bond donors (Lipinski definition) is 4. The fourth-order valence-corrected chi connectivity index (χ4v) is 9.79. The smallest absolute Gasteiger partial charge is 0.315 e. The van der Waals surface area contributed by atoms with Crippen molar-refractivity contribution in [3.05, 3.63) is 29.8 Å². The van der Waals surface area contributed by atoms with Crippen molar-refractivity contribution in [2.45, 2.75) is 128 Å². The number of nitrogens with two attached hydrogens (primary N) is 1.